The molecule has 4 N–H and O–H groups in total. The fourth-order valence-electron chi connectivity index (χ4n) is 4.81. The van der Waals surface area contributed by atoms with Gasteiger partial charge in [0, 0.05) is 24.1 Å². The Morgan fingerprint density at radius 3 is 2.46 bits per heavy atom. The van der Waals surface area contributed by atoms with Gasteiger partial charge < -0.3 is 20.2 Å². The highest BCUT2D eigenvalue weighted by Gasteiger charge is 2.35. The van der Waals surface area contributed by atoms with Gasteiger partial charge in [-0.05, 0) is 50.6 Å². The standard InChI is InChI=1S/C26H30N4O4.ClH/c1-17(28-29-26(27)33)20(16-30-14-8-3-9-15-30)22(18-10-4-2-5-11-18)23-24(31)19-12-6-7-13-21(19)34-25(23)32;/h2,4-7,10-13,20,22,31H,3,8-9,14-16H2,1H3,(H3,27,29,33);1H/b28-17+;. The van der Waals surface area contributed by atoms with Crippen molar-refractivity contribution in [3.8, 4) is 5.75 Å². The van der Waals surface area contributed by atoms with E-state index in [1.807, 2.05) is 30.3 Å². The first-order valence-electron chi connectivity index (χ1n) is 11.6. The Morgan fingerprint density at radius 1 is 1.11 bits per heavy atom. The predicted octanol–water partition coefficient (Wildman–Crippen LogP) is 4.20. The Labute approximate surface area is 210 Å². The van der Waals surface area contributed by atoms with Crippen LogP contribution in [0.2, 0.25) is 0 Å². The number of hydrogen-bond acceptors (Lipinski definition) is 6. The molecule has 1 saturated heterocycles. The molecule has 0 spiro atoms. The van der Waals surface area contributed by atoms with Gasteiger partial charge in [-0.15, -0.1) is 12.4 Å². The van der Waals surface area contributed by atoms with E-state index in [2.05, 4.69) is 15.4 Å². The lowest BCUT2D eigenvalue weighted by atomic mass is 9.78. The van der Waals surface area contributed by atoms with Gasteiger partial charge in [-0.1, -0.05) is 48.9 Å². The number of benzene rings is 2. The number of primary amides is 1. The number of piperidine rings is 1. The molecule has 2 unspecified atom stereocenters. The van der Waals surface area contributed by atoms with E-state index in [0.717, 1.165) is 31.5 Å². The van der Waals surface area contributed by atoms with E-state index in [0.29, 0.717) is 23.2 Å². The van der Waals surface area contributed by atoms with Gasteiger partial charge in [-0.25, -0.2) is 15.0 Å². The first-order chi connectivity index (χ1) is 16.5. The summed E-state index contributed by atoms with van der Waals surface area (Å²) in [5.74, 6) is -0.982. The highest BCUT2D eigenvalue weighted by Crippen LogP contribution is 2.39. The number of fused-ring (bicyclic) bond motifs is 1. The fourth-order valence-corrected chi connectivity index (χ4v) is 4.81. The second-order valence-corrected chi connectivity index (χ2v) is 8.73. The summed E-state index contributed by atoms with van der Waals surface area (Å²) in [5, 5.41) is 16.0. The molecular weight excluding hydrogens is 468 g/mol. The zero-order valence-electron chi connectivity index (χ0n) is 19.6. The third-order valence-corrected chi connectivity index (χ3v) is 6.47. The maximum absolute atomic E-state index is 13.3. The number of rotatable bonds is 7. The number of hydrogen-bond donors (Lipinski definition) is 3. The quantitative estimate of drug-likeness (QED) is 0.256. The first kappa shape index (κ1) is 26.2. The number of nitrogens with zero attached hydrogens (tertiary/aromatic N) is 2. The molecule has 0 aliphatic carbocycles. The summed E-state index contributed by atoms with van der Waals surface area (Å²) < 4.78 is 5.64. The van der Waals surface area contributed by atoms with Gasteiger partial charge in [0.15, 0.2) is 0 Å². The molecule has 186 valence electrons. The van der Waals surface area contributed by atoms with Crippen molar-refractivity contribution in [1.82, 2.24) is 10.3 Å². The third-order valence-electron chi connectivity index (χ3n) is 6.47. The lowest BCUT2D eigenvalue weighted by Crippen LogP contribution is -2.40. The molecular formula is C26H31ClN4O4. The number of urea groups is 1. The number of nitrogens with one attached hydrogen (secondary N) is 1. The monoisotopic (exact) mass is 498 g/mol. The second kappa shape index (κ2) is 11.9. The third kappa shape index (κ3) is 6.01. The molecule has 2 heterocycles. The molecule has 1 aliphatic heterocycles. The molecule has 1 fully saturated rings. The van der Waals surface area contributed by atoms with Crippen LogP contribution in [0.5, 0.6) is 5.75 Å². The molecule has 35 heavy (non-hydrogen) atoms. The highest BCUT2D eigenvalue weighted by atomic mass is 35.5. The minimum Gasteiger partial charge on any atom is -0.507 e. The molecule has 9 heteroatoms. The van der Waals surface area contributed by atoms with Crippen molar-refractivity contribution in [1.29, 1.82) is 0 Å². The number of carbonyl (C=O) groups is 1. The predicted molar refractivity (Wildman–Crippen MR) is 139 cm³/mol. The van der Waals surface area contributed by atoms with Crippen molar-refractivity contribution in [3.63, 3.8) is 0 Å². The molecule has 0 saturated carbocycles. The first-order valence-corrected chi connectivity index (χ1v) is 11.6. The Balaban J connectivity index is 0.00000342. The van der Waals surface area contributed by atoms with Crippen molar-refractivity contribution in [2.45, 2.75) is 32.1 Å². The SMILES string of the molecule is C/C(=N\NC(N)=O)C(CN1CCCCC1)C(c1ccccc1)c1c(O)c2ccccc2oc1=O.Cl. The van der Waals surface area contributed by atoms with E-state index in [1.54, 1.807) is 31.2 Å². The average Bonchev–Trinajstić information content (AvgIpc) is 2.85. The number of para-hydroxylation sites is 1. The molecule has 0 radical (unpaired) electrons. The summed E-state index contributed by atoms with van der Waals surface area (Å²) in [6.07, 6.45) is 3.39. The summed E-state index contributed by atoms with van der Waals surface area (Å²) in [4.78, 5) is 27.0. The van der Waals surface area contributed by atoms with Gasteiger partial charge in [0.05, 0.1) is 10.9 Å². The van der Waals surface area contributed by atoms with Crippen LogP contribution in [0.15, 0.2) is 68.9 Å². The van der Waals surface area contributed by atoms with E-state index >= 15 is 0 Å². The summed E-state index contributed by atoms with van der Waals surface area (Å²) >= 11 is 0. The second-order valence-electron chi connectivity index (χ2n) is 8.73. The molecule has 0 bridgehead atoms. The zero-order valence-corrected chi connectivity index (χ0v) is 20.5. The van der Waals surface area contributed by atoms with Crippen LogP contribution >= 0.6 is 12.4 Å². The minimum absolute atomic E-state index is 0. The molecule has 2 aromatic carbocycles. The van der Waals surface area contributed by atoms with E-state index in [9.17, 15) is 14.7 Å². The number of carbonyl (C=O) groups excluding carboxylic acids is 1. The van der Waals surface area contributed by atoms with Crippen LogP contribution in [0.3, 0.4) is 0 Å². The lowest BCUT2D eigenvalue weighted by molar-refractivity contribution is 0.207. The van der Waals surface area contributed by atoms with Crippen LogP contribution in [0.1, 0.15) is 43.2 Å². The van der Waals surface area contributed by atoms with Crippen LogP contribution in [0, 0.1) is 5.92 Å². The molecule has 1 aliphatic rings. The van der Waals surface area contributed by atoms with Crippen LogP contribution < -0.4 is 16.8 Å². The van der Waals surface area contributed by atoms with Gasteiger partial charge >= 0.3 is 11.7 Å². The fraction of sp³-hybridized carbons (Fsp3) is 0.346. The molecule has 2 amide bonds. The van der Waals surface area contributed by atoms with Crippen LogP contribution in [0.25, 0.3) is 11.0 Å². The number of likely N-dealkylation sites (tertiary alicyclic amines) is 1. The van der Waals surface area contributed by atoms with Gasteiger partial charge in [-0.3, -0.25) is 0 Å². The largest absolute Gasteiger partial charge is 0.507 e. The minimum atomic E-state index is -0.764. The van der Waals surface area contributed by atoms with Gasteiger partial charge in [0.2, 0.25) is 0 Å². The Morgan fingerprint density at radius 2 is 1.77 bits per heavy atom. The average molecular weight is 499 g/mol. The van der Waals surface area contributed by atoms with Crippen molar-refractivity contribution in [2.24, 2.45) is 16.8 Å². The van der Waals surface area contributed by atoms with Crippen molar-refractivity contribution < 1.29 is 14.3 Å². The van der Waals surface area contributed by atoms with E-state index < -0.39 is 17.6 Å². The van der Waals surface area contributed by atoms with Gasteiger partial charge in [-0.2, -0.15) is 5.10 Å². The van der Waals surface area contributed by atoms with Crippen LogP contribution in [0.4, 0.5) is 4.79 Å². The maximum atomic E-state index is 13.3. The van der Waals surface area contributed by atoms with E-state index in [1.165, 1.54) is 6.42 Å². The highest BCUT2D eigenvalue weighted by molar-refractivity contribution is 5.89. The normalized spacial score (nSPS) is 16.3. The van der Waals surface area contributed by atoms with Crippen molar-refractivity contribution in [2.75, 3.05) is 19.6 Å². The Kier molecular flexibility index (Phi) is 8.89. The molecule has 4 rings (SSSR count). The maximum Gasteiger partial charge on any atom is 0.343 e. The van der Waals surface area contributed by atoms with Gasteiger partial charge in [0.25, 0.3) is 0 Å². The number of hydrazone groups is 1. The molecule has 8 nitrogen and oxygen atoms in total. The molecule has 3 aromatic rings. The molecule has 2 atom stereocenters. The lowest BCUT2D eigenvalue weighted by Gasteiger charge is -2.34. The summed E-state index contributed by atoms with van der Waals surface area (Å²) in [7, 11) is 0. The number of halogens is 1. The van der Waals surface area contributed by atoms with Crippen molar-refractivity contribution in [3.05, 3.63) is 76.1 Å². The van der Waals surface area contributed by atoms with E-state index in [-0.39, 0.29) is 29.6 Å². The van der Waals surface area contributed by atoms with Crippen LogP contribution in [-0.4, -0.2) is 41.4 Å². The molecule has 1 aromatic heterocycles. The summed E-state index contributed by atoms with van der Waals surface area (Å²) in [5.41, 5.74) is 8.95. The smallest absolute Gasteiger partial charge is 0.343 e. The number of amides is 2. The zero-order chi connectivity index (χ0) is 24.1. The van der Waals surface area contributed by atoms with Gasteiger partial charge in [0.1, 0.15) is 11.3 Å². The van der Waals surface area contributed by atoms with Crippen molar-refractivity contribution >= 4 is 35.1 Å². The summed E-state index contributed by atoms with van der Waals surface area (Å²) in [6, 6.07) is 15.7. The number of nitrogens with two attached hydrogens (primary N) is 1. The Bertz CT molecular complexity index is 1240. The summed E-state index contributed by atoms with van der Waals surface area (Å²) in [6.45, 7) is 4.28. The Hall–Kier alpha value is -3.36. The van der Waals surface area contributed by atoms with Crippen LogP contribution in [-0.2, 0) is 0 Å². The number of aromatic hydroxyl groups is 1. The van der Waals surface area contributed by atoms with E-state index in [4.69, 9.17) is 10.2 Å². The topological polar surface area (TPSA) is 121 Å².